The minimum atomic E-state index is 0.470. The topological polar surface area (TPSA) is 59.5 Å². The summed E-state index contributed by atoms with van der Waals surface area (Å²) in [6, 6.07) is 9.89. The number of nitrogens with zero attached hydrogens (tertiary/aromatic N) is 5. The summed E-state index contributed by atoms with van der Waals surface area (Å²) in [5.74, 6) is 2.41. The lowest BCUT2D eigenvalue weighted by molar-refractivity contribution is 0.199. The van der Waals surface area contributed by atoms with Crippen LogP contribution in [0.1, 0.15) is 30.3 Å². The van der Waals surface area contributed by atoms with Gasteiger partial charge in [-0.25, -0.2) is 4.98 Å². The largest absolute Gasteiger partial charge is 0.462 e. The van der Waals surface area contributed by atoms with Crippen LogP contribution in [-0.4, -0.2) is 37.6 Å². The summed E-state index contributed by atoms with van der Waals surface area (Å²) in [4.78, 5) is 7.19. The number of piperidine rings is 1. The molecular formula is C19H19N5OS. The first-order valence-corrected chi connectivity index (χ1v) is 9.75. The molecule has 4 aromatic rings. The quantitative estimate of drug-likeness (QED) is 0.550. The molecule has 0 aliphatic carbocycles. The van der Waals surface area contributed by atoms with Crippen molar-refractivity contribution in [1.29, 1.82) is 0 Å². The molecule has 0 atom stereocenters. The van der Waals surface area contributed by atoms with Crippen LogP contribution in [0.15, 0.2) is 52.6 Å². The van der Waals surface area contributed by atoms with Crippen LogP contribution in [0.2, 0.25) is 0 Å². The minimum Gasteiger partial charge on any atom is -0.462 e. The van der Waals surface area contributed by atoms with Gasteiger partial charge in [0, 0.05) is 24.0 Å². The second kappa shape index (κ2) is 6.66. The summed E-state index contributed by atoms with van der Waals surface area (Å²) in [6.07, 6.45) is 5.95. The van der Waals surface area contributed by atoms with Gasteiger partial charge in [-0.2, -0.15) is 0 Å². The van der Waals surface area contributed by atoms with E-state index in [1.807, 2.05) is 30.3 Å². The normalized spacial score (nSPS) is 16.5. The first kappa shape index (κ1) is 15.7. The van der Waals surface area contributed by atoms with Crippen LogP contribution in [0.4, 0.5) is 0 Å². The highest BCUT2D eigenvalue weighted by Gasteiger charge is 2.25. The van der Waals surface area contributed by atoms with Crippen LogP contribution in [0, 0.1) is 0 Å². The highest BCUT2D eigenvalue weighted by molar-refractivity contribution is 7.13. The summed E-state index contributed by atoms with van der Waals surface area (Å²) in [6.45, 7) is 3.00. The van der Waals surface area contributed by atoms with Crippen LogP contribution in [-0.2, 0) is 6.54 Å². The third kappa shape index (κ3) is 2.93. The summed E-state index contributed by atoms with van der Waals surface area (Å²) < 4.78 is 7.55. The van der Waals surface area contributed by atoms with Crippen molar-refractivity contribution < 1.29 is 4.42 Å². The van der Waals surface area contributed by atoms with Crippen LogP contribution in [0.3, 0.4) is 0 Å². The standard InChI is InChI=1S/C19H19N5OS/c1-2-8-24-17(5-1)21-22-18(24)14-6-9-23(10-7-14)12-15-13-26-19(20-15)16-4-3-11-25-16/h1-5,8,11,13-14H,6-7,9-10,12H2. The van der Waals surface area contributed by atoms with Gasteiger partial charge in [0.1, 0.15) is 5.82 Å². The lowest BCUT2D eigenvalue weighted by atomic mass is 9.96. The zero-order chi connectivity index (χ0) is 17.3. The van der Waals surface area contributed by atoms with Crippen molar-refractivity contribution in [3.8, 4) is 10.8 Å². The maximum atomic E-state index is 5.43. The van der Waals surface area contributed by atoms with Gasteiger partial charge in [-0.3, -0.25) is 9.30 Å². The fraction of sp³-hybridized carbons (Fsp3) is 0.316. The molecule has 5 rings (SSSR count). The Labute approximate surface area is 155 Å². The molecule has 26 heavy (non-hydrogen) atoms. The Morgan fingerprint density at radius 2 is 2.04 bits per heavy atom. The number of rotatable bonds is 4. The number of furan rings is 1. The molecule has 1 aliphatic heterocycles. The van der Waals surface area contributed by atoms with Crippen LogP contribution in [0.5, 0.6) is 0 Å². The van der Waals surface area contributed by atoms with Crippen molar-refractivity contribution in [3.63, 3.8) is 0 Å². The Hall–Kier alpha value is -2.51. The average molecular weight is 365 g/mol. The number of hydrogen-bond donors (Lipinski definition) is 0. The predicted octanol–water partition coefficient (Wildman–Crippen LogP) is 3.83. The molecule has 0 amide bonds. The van der Waals surface area contributed by atoms with Gasteiger partial charge in [-0.05, 0) is 50.2 Å². The molecule has 0 bridgehead atoms. The molecule has 0 unspecified atom stereocenters. The number of likely N-dealkylation sites (tertiary alicyclic amines) is 1. The Kier molecular flexibility index (Phi) is 4.03. The molecule has 0 aromatic carbocycles. The molecular weight excluding hydrogens is 346 g/mol. The van der Waals surface area contributed by atoms with E-state index in [1.54, 1.807) is 17.6 Å². The van der Waals surface area contributed by atoms with Crippen LogP contribution in [0.25, 0.3) is 16.4 Å². The van der Waals surface area contributed by atoms with Crippen molar-refractivity contribution in [1.82, 2.24) is 24.5 Å². The van der Waals surface area contributed by atoms with Gasteiger partial charge in [-0.15, -0.1) is 21.5 Å². The smallest absolute Gasteiger partial charge is 0.162 e. The maximum absolute atomic E-state index is 5.43. The Morgan fingerprint density at radius 3 is 2.88 bits per heavy atom. The third-order valence-corrected chi connectivity index (χ3v) is 5.87. The average Bonchev–Trinajstić information content (AvgIpc) is 3.43. The van der Waals surface area contributed by atoms with Gasteiger partial charge < -0.3 is 4.42 Å². The lowest BCUT2D eigenvalue weighted by Crippen LogP contribution is -2.33. The fourth-order valence-corrected chi connectivity index (χ4v) is 4.39. The van der Waals surface area contributed by atoms with Crippen molar-refractivity contribution in [2.75, 3.05) is 13.1 Å². The third-order valence-electron chi connectivity index (χ3n) is 4.96. The van der Waals surface area contributed by atoms with Crippen LogP contribution < -0.4 is 0 Å². The number of aromatic nitrogens is 4. The predicted molar refractivity (Wildman–Crippen MR) is 100 cm³/mol. The molecule has 132 valence electrons. The fourth-order valence-electron chi connectivity index (χ4n) is 3.61. The Morgan fingerprint density at radius 1 is 1.12 bits per heavy atom. The van der Waals surface area contributed by atoms with Gasteiger partial charge >= 0.3 is 0 Å². The van der Waals surface area contributed by atoms with E-state index in [2.05, 4.69) is 31.1 Å². The van der Waals surface area contributed by atoms with E-state index in [0.29, 0.717) is 5.92 Å². The van der Waals surface area contributed by atoms with Gasteiger partial charge in [-0.1, -0.05) is 6.07 Å². The summed E-state index contributed by atoms with van der Waals surface area (Å²) in [5, 5.41) is 11.8. The summed E-state index contributed by atoms with van der Waals surface area (Å²) in [7, 11) is 0. The Bertz CT molecular complexity index is 998. The molecule has 6 nitrogen and oxygen atoms in total. The van der Waals surface area contributed by atoms with Gasteiger partial charge in [0.2, 0.25) is 0 Å². The van der Waals surface area contributed by atoms with Crippen molar-refractivity contribution in [3.05, 3.63) is 59.7 Å². The molecule has 1 saturated heterocycles. The first-order chi connectivity index (χ1) is 12.9. The molecule has 7 heteroatoms. The molecule has 1 aliphatic rings. The molecule has 1 fully saturated rings. The van der Waals surface area contributed by atoms with Gasteiger partial charge in [0.05, 0.1) is 12.0 Å². The molecule has 0 radical (unpaired) electrons. The SMILES string of the molecule is c1coc(-c2nc(CN3CCC(c4nnc5ccccn45)CC3)cs2)c1. The number of hydrogen-bond acceptors (Lipinski definition) is 6. The number of pyridine rings is 1. The van der Waals surface area contributed by atoms with Crippen molar-refractivity contribution in [2.24, 2.45) is 0 Å². The van der Waals surface area contributed by atoms with E-state index in [1.165, 1.54) is 0 Å². The molecule has 0 spiro atoms. The summed E-state index contributed by atoms with van der Waals surface area (Å²) in [5.41, 5.74) is 2.05. The van der Waals surface area contributed by atoms with Crippen molar-refractivity contribution >= 4 is 17.0 Å². The monoisotopic (exact) mass is 365 g/mol. The van der Waals surface area contributed by atoms with Crippen LogP contribution >= 0.6 is 11.3 Å². The van der Waals surface area contributed by atoms with E-state index in [0.717, 1.165) is 60.4 Å². The lowest BCUT2D eigenvalue weighted by Gasteiger charge is -2.30. The zero-order valence-corrected chi connectivity index (χ0v) is 15.1. The highest BCUT2D eigenvalue weighted by Crippen LogP contribution is 2.29. The zero-order valence-electron chi connectivity index (χ0n) is 14.3. The van der Waals surface area contributed by atoms with E-state index >= 15 is 0 Å². The van der Waals surface area contributed by atoms with E-state index in [-0.39, 0.29) is 0 Å². The number of fused-ring (bicyclic) bond motifs is 1. The second-order valence-electron chi connectivity index (χ2n) is 6.66. The van der Waals surface area contributed by atoms with E-state index in [4.69, 9.17) is 9.40 Å². The Balaban J connectivity index is 1.23. The number of thiazole rings is 1. The van der Waals surface area contributed by atoms with Crippen molar-refractivity contribution in [2.45, 2.75) is 25.3 Å². The second-order valence-corrected chi connectivity index (χ2v) is 7.52. The van der Waals surface area contributed by atoms with E-state index in [9.17, 15) is 0 Å². The summed E-state index contributed by atoms with van der Waals surface area (Å²) >= 11 is 1.64. The molecule has 5 heterocycles. The van der Waals surface area contributed by atoms with Gasteiger partial charge in [0.15, 0.2) is 16.4 Å². The highest BCUT2D eigenvalue weighted by atomic mass is 32.1. The minimum absolute atomic E-state index is 0.470. The molecule has 4 aromatic heterocycles. The maximum Gasteiger partial charge on any atom is 0.162 e. The van der Waals surface area contributed by atoms with E-state index < -0.39 is 0 Å². The molecule has 0 N–H and O–H groups in total. The molecule has 0 saturated carbocycles. The first-order valence-electron chi connectivity index (χ1n) is 8.87. The van der Waals surface area contributed by atoms with Gasteiger partial charge in [0.25, 0.3) is 0 Å².